The number of nitrogens with one attached hydrogen (secondary N) is 1. The quantitative estimate of drug-likeness (QED) is 0.831. The van der Waals surface area contributed by atoms with Crippen LogP contribution in [0.15, 0.2) is 0 Å². The Bertz CT molecular complexity index is 337. The number of rotatable bonds is 2. The zero-order chi connectivity index (χ0) is 13.5. The van der Waals surface area contributed by atoms with Gasteiger partial charge in [0.15, 0.2) is 0 Å². The lowest BCUT2D eigenvalue weighted by Gasteiger charge is -2.42. The minimum atomic E-state index is 0.348. The van der Waals surface area contributed by atoms with Crippen molar-refractivity contribution in [2.75, 3.05) is 6.54 Å². The highest BCUT2D eigenvalue weighted by atomic mass is 16.2. The molecule has 19 heavy (non-hydrogen) atoms. The molecule has 1 unspecified atom stereocenters. The van der Waals surface area contributed by atoms with E-state index in [1.54, 1.807) is 0 Å². The number of amides is 1. The Hall–Kier alpha value is -0.570. The van der Waals surface area contributed by atoms with Gasteiger partial charge >= 0.3 is 0 Å². The molecule has 1 saturated heterocycles. The Kier molecular flexibility index (Phi) is 3.59. The van der Waals surface area contributed by atoms with Gasteiger partial charge in [0.05, 0.1) is 12.7 Å². The fourth-order valence-electron chi connectivity index (χ4n) is 4.30. The Balaban J connectivity index is 1.68. The molecular weight excluding hydrogens is 236 g/mol. The van der Waals surface area contributed by atoms with E-state index in [2.05, 4.69) is 24.1 Å². The molecule has 1 heterocycles. The lowest BCUT2D eigenvalue weighted by molar-refractivity contribution is -0.132. The average Bonchev–Trinajstić information content (AvgIpc) is 2.98. The van der Waals surface area contributed by atoms with Crippen molar-refractivity contribution in [3.63, 3.8) is 0 Å². The standard InChI is InChI=1S/C16H28N2O/c1-16(2)9-7-13(8-10-16)18-14(19)11-17-15(18)12-5-3-4-6-12/h12-13,15,17H,3-11H2,1-2H3. The molecule has 0 aromatic heterocycles. The van der Waals surface area contributed by atoms with Crippen LogP contribution in [0.5, 0.6) is 0 Å². The van der Waals surface area contributed by atoms with E-state index in [-0.39, 0.29) is 0 Å². The van der Waals surface area contributed by atoms with Gasteiger partial charge in [0.25, 0.3) is 0 Å². The van der Waals surface area contributed by atoms with Crippen molar-refractivity contribution in [2.24, 2.45) is 11.3 Å². The van der Waals surface area contributed by atoms with Gasteiger partial charge in [0.1, 0.15) is 0 Å². The second kappa shape index (κ2) is 5.08. The summed E-state index contributed by atoms with van der Waals surface area (Å²) < 4.78 is 0. The van der Waals surface area contributed by atoms with Gasteiger partial charge in [-0.15, -0.1) is 0 Å². The number of hydrogen-bond acceptors (Lipinski definition) is 2. The summed E-state index contributed by atoms with van der Waals surface area (Å²) in [5, 5.41) is 3.49. The molecular formula is C16H28N2O. The van der Waals surface area contributed by atoms with Crippen LogP contribution in [0.2, 0.25) is 0 Å². The molecule has 3 nitrogen and oxygen atoms in total. The SMILES string of the molecule is CC1(C)CCC(N2C(=O)CNC2C2CCCC2)CC1. The van der Waals surface area contributed by atoms with Crippen LogP contribution in [0.4, 0.5) is 0 Å². The lowest BCUT2D eigenvalue weighted by Crippen LogP contribution is -2.49. The largest absolute Gasteiger partial charge is 0.323 e. The van der Waals surface area contributed by atoms with E-state index in [4.69, 9.17) is 0 Å². The van der Waals surface area contributed by atoms with Crippen molar-refractivity contribution < 1.29 is 4.79 Å². The highest BCUT2D eigenvalue weighted by Gasteiger charge is 2.42. The maximum Gasteiger partial charge on any atom is 0.238 e. The molecule has 1 N–H and O–H groups in total. The van der Waals surface area contributed by atoms with Crippen LogP contribution in [0.1, 0.15) is 65.2 Å². The maximum absolute atomic E-state index is 12.3. The highest BCUT2D eigenvalue weighted by molar-refractivity contribution is 5.81. The van der Waals surface area contributed by atoms with Gasteiger partial charge in [0.2, 0.25) is 5.91 Å². The first-order valence-corrected chi connectivity index (χ1v) is 8.11. The average molecular weight is 264 g/mol. The molecule has 3 fully saturated rings. The van der Waals surface area contributed by atoms with Gasteiger partial charge < -0.3 is 4.90 Å². The monoisotopic (exact) mass is 264 g/mol. The highest BCUT2D eigenvalue weighted by Crippen LogP contribution is 2.40. The van der Waals surface area contributed by atoms with Crippen LogP contribution in [0, 0.1) is 11.3 Å². The topological polar surface area (TPSA) is 32.3 Å². The summed E-state index contributed by atoms with van der Waals surface area (Å²) in [6, 6.07) is 0.501. The molecule has 0 aromatic rings. The van der Waals surface area contributed by atoms with E-state index in [0.29, 0.717) is 36.0 Å². The molecule has 1 amide bonds. The van der Waals surface area contributed by atoms with E-state index >= 15 is 0 Å². The Morgan fingerprint density at radius 2 is 1.74 bits per heavy atom. The van der Waals surface area contributed by atoms with Crippen molar-refractivity contribution in [3.8, 4) is 0 Å². The van der Waals surface area contributed by atoms with Crippen molar-refractivity contribution in [3.05, 3.63) is 0 Å². The molecule has 0 bridgehead atoms. The predicted molar refractivity (Wildman–Crippen MR) is 76.6 cm³/mol. The summed E-state index contributed by atoms with van der Waals surface area (Å²) >= 11 is 0. The number of carbonyl (C=O) groups excluding carboxylic acids is 1. The van der Waals surface area contributed by atoms with Gasteiger partial charge in [-0.05, 0) is 49.9 Å². The van der Waals surface area contributed by atoms with E-state index in [0.717, 1.165) is 0 Å². The Morgan fingerprint density at radius 1 is 1.11 bits per heavy atom. The first-order chi connectivity index (χ1) is 9.07. The van der Waals surface area contributed by atoms with Gasteiger partial charge in [-0.3, -0.25) is 10.1 Å². The van der Waals surface area contributed by atoms with Gasteiger partial charge in [-0.2, -0.15) is 0 Å². The van der Waals surface area contributed by atoms with Crippen molar-refractivity contribution in [2.45, 2.75) is 77.4 Å². The zero-order valence-electron chi connectivity index (χ0n) is 12.5. The van der Waals surface area contributed by atoms with Crippen molar-refractivity contribution in [1.29, 1.82) is 0 Å². The third kappa shape index (κ3) is 2.67. The fourth-order valence-corrected chi connectivity index (χ4v) is 4.30. The van der Waals surface area contributed by atoms with E-state index in [1.807, 2.05) is 0 Å². The molecule has 1 atom stereocenters. The second-order valence-corrected chi connectivity index (χ2v) is 7.57. The van der Waals surface area contributed by atoms with E-state index in [9.17, 15) is 4.79 Å². The molecule has 3 aliphatic rings. The minimum Gasteiger partial charge on any atom is -0.323 e. The van der Waals surface area contributed by atoms with Crippen molar-refractivity contribution >= 4 is 5.91 Å². The molecule has 2 aliphatic carbocycles. The van der Waals surface area contributed by atoms with Crippen LogP contribution in [0.25, 0.3) is 0 Å². The van der Waals surface area contributed by atoms with Crippen LogP contribution >= 0.6 is 0 Å². The first-order valence-electron chi connectivity index (χ1n) is 8.11. The van der Waals surface area contributed by atoms with Crippen LogP contribution < -0.4 is 5.32 Å². The first kappa shape index (κ1) is 13.4. The molecule has 0 spiro atoms. The summed E-state index contributed by atoms with van der Waals surface area (Å²) in [6.07, 6.45) is 10.6. The lowest BCUT2D eigenvalue weighted by atomic mass is 9.75. The minimum absolute atomic E-state index is 0.348. The molecule has 0 aromatic carbocycles. The van der Waals surface area contributed by atoms with Gasteiger partial charge in [0, 0.05) is 6.04 Å². The maximum atomic E-state index is 12.3. The molecule has 108 valence electrons. The van der Waals surface area contributed by atoms with Crippen LogP contribution in [-0.4, -0.2) is 29.6 Å². The van der Waals surface area contributed by atoms with Gasteiger partial charge in [-0.1, -0.05) is 26.7 Å². The predicted octanol–water partition coefficient (Wildman–Crippen LogP) is 2.90. The molecule has 3 rings (SSSR count). The zero-order valence-corrected chi connectivity index (χ0v) is 12.5. The molecule has 0 radical (unpaired) electrons. The van der Waals surface area contributed by atoms with Gasteiger partial charge in [-0.25, -0.2) is 0 Å². The summed E-state index contributed by atoms with van der Waals surface area (Å²) in [7, 11) is 0. The number of nitrogens with zero attached hydrogens (tertiary/aromatic N) is 1. The van der Waals surface area contributed by atoms with Crippen LogP contribution in [-0.2, 0) is 4.79 Å². The Morgan fingerprint density at radius 3 is 2.37 bits per heavy atom. The van der Waals surface area contributed by atoms with Crippen LogP contribution in [0.3, 0.4) is 0 Å². The van der Waals surface area contributed by atoms with Crippen molar-refractivity contribution in [1.82, 2.24) is 10.2 Å². The Labute approximate surface area is 117 Å². The third-order valence-electron chi connectivity index (χ3n) is 5.60. The summed E-state index contributed by atoms with van der Waals surface area (Å²) in [4.78, 5) is 14.5. The summed E-state index contributed by atoms with van der Waals surface area (Å²) in [5.74, 6) is 1.06. The molecule has 1 aliphatic heterocycles. The van der Waals surface area contributed by atoms with E-state index < -0.39 is 0 Å². The normalized spacial score (nSPS) is 33.3. The summed E-state index contributed by atoms with van der Waals surface area (Å²) in [5.41, 5.74) is 0.482. The fraction of sp³-hybridized carbons (Fsp3) is 0.938. The molecule has 2 saturated carbocycles. The molecule has 3 heteroatoms. The summed E-state index contributed by atoms with van der Waals surface area (Å²) in [6.45, 7) is 5.30. The third-order valence-corrected chi connectivity index (χ3v) is 5.60. The number of hydrogen-bond donors (Lipinski definition) is 1. The smallest absolute Gasteiger partial charge is 0.238 e. The number of carbonyl (C=O) groups is 1. The second-order valence-electron chi connectivity index (χ2n) is 7.57. The van der Waals surface area contributed by atoms with E-state index in [1.165, 1.54) is 51.4 Å².